The summed E-state index contributed by atoms with van der Waals surface area (Å²) in [6, 6.07) is 9.23. The molecule has 2 aromatic rings. The normalized spacial score (nSPS) is 16.2. The second-order valence-electron chi connectivity index (χ2n) is 4.56. The molecule has 116 valence electrons. The van der Waals surface area contributed by atoms with Crippen LogP contribution >= 0.6 is 23.1 Å². The van der Waals surface area contributed by atoms with Crippen LogP contribution < -0.4 is 5.32 Å². The van der Waals surface area contributed by atoms with Crippen LogP contribution in [-0.2, 0) is 9.59 Å². The van der Waals surface area contributed by atoms with Gasteiger partial charge in [-0.05, 0) is 23.4 Å². The first-order valence-corrected chi connectivity index (χ1v) is 8.33. The zero-order valence-corrected chi connectivity index (χ0v) is 13.4. The van der Waals surface area contributed by atoms with Crippen molar-refractivity contribution in [2.75, 3.05) is 11.9 Å². The molecule has 1 saturated heterocycles. The average Bonchev–Trinajstić information content (AvgIpc) is 3.13. The average molecular weight is 345 g/mol. The highest BCUT2D eigenvalue weighted by Gasteiger charge is 2.36. The summed E-state index contributed by atoms with van der Waals surface area (Å²) in [6.07, 6.45) is 3.20. The van der Waals surface area contributed by atoms with E-state index in [9.17, 15) is 14.4 Å². The lowest BCUT2D eigenvalue weighted by Crippen LogP contribution is -2.36. The Kier molecular flexibility index (Phi) is 4.54. The minimum Gasteiger partial charge on any atom is -0.300 e. The van der Waals surface area contributed by atoms with E-state index in [1.807, 2.05) is 30.3 Å². The number of nitrogens with one attached hydrogen (secondary N) is 1. The van der Waals surface area contributed by atoms with Crippen molar-refractivity contribution in [3.8, 4) is 0 Å². The van der Waals surface area contributed by atoms with Gasteiger partial charge in [-0.15, -0.1) is 11.3 Å². The molecular formula is C15H11N3O3S2. The van der Waals surface area contributed by atoms with Crippen molar-refractivity contribution in [1.82, 2.24) is 9.88 Å². The van der Waals surface area contributed by atoms with E-state index in [0.717, 1.165) is 22.2 Å². The summed E-state index contributed by atoms with van der Waals surface area (Å²) in [5.41, 5.74) is 0.824. The highest BCUT2D eigenvalue weighted by molar-refractivity contribution is 8.18. The number of aromatic nitrogens is 1. The maximum Gasteiger partial charge on any atom is 0.294 e. The lowest BCUT2D eigenvalue weighted by Gasteiger charge is -2.11. The van der Waals surface area contributed by atoms with Crippen molar-refractivity contribution in [3.63, 3.8) is 0 Å². The Bertz CT molecular complexity index is 773. The Morgan fingerprint density at radius 3 is 2.74 bits per heavy atom. The van der Waals surface area contributed by atoms with Crippen LogP contribution in [0.2, 0.25) is 0 Å². The Labute approximate surface area is 140 Å². The number of anilines is 1. The number of thioether (sulfide) groups is 1. The Balaban J connectivity index is 1.69. The van der Waals surface area contributed by atoms with Gasteiger partial charge in [0.25, 0.3) is 11.1 Å². The van der Waals surface area contributed by atoms with Crippen LogP contribution in [0.25, 0.3) is 6.08 Å². The van der Waals surface area contributed by atoms with E-state index in [0.29, 0.717) is 10.0 Å². The largest absolute Gasteiger partial charge is 0.300 e. The lowest BCUT2D eigenvalue weighted by molar-refractivity contribution is -0.127. The van der Waals surface area contributed by atoms with E-state index in [1.165, 1.54) is 11.3 Å². The van der Waals surface area contributed by atoms with Gasteiger partial charge in [-0.3, -0.25) is 19.3 Å². The molecule has 0 atom stereocenters. The highest BCUT2D eigenvalue weighted by atomic mass is 32.2. The van der Waals surface area contributed by atoms with Gasteiger partial charge >= 0.3 is 0 Å². The van der Waals surface area contributed by atoms with Crippen molar-refractivity contribution in [2.45, 2.75) is 0 Å². The molecule has 8 heteroatoms. The smallest absolute Gasteiger partial charge is 0.294 e. The molecule has 3 amide bonds. The predicted molar refractivity (Wildman–Crippen MR) is 89.9 cm³/mol. The van der Waals surface area contributed by atoms with Gasteiger partial charge in [0.05, 0.1) is 4.91 Å². The van der Waals surface area contributed by atoms with Crippen LogP contribution in [0.5, 0.6) is 0 Å². The molecular weight excluding hydrogens is 334 g/mol. The van der Waals surface area contributed by atoms with Crippen LogP contribution in [0.1, 0.15) is 5.56 Å². The number of hydrogen-bond donors (Lipinski definition) is 1. The molecule has 1 N–H and O–H groups in total. The molecule has 3 rings (SSSR count). The van der Waals surface area contributed by atoms with Gasteiger partial charge in [0.1, 0.15) is 6.54 Å². The van der Waals surface area contributed by atoms with Gasteiger partial charge < -0.3 is 5.32 Å². The van der Waals surface area contributed by atoms with Gasteiger partial charge in [-0.1, -0.05) is 30.3 Å². The number of nitrogens with zero attached hydrogens (tertiary/aromatic N) is 2. The van der Waals surface area contributed by atoms with Crippen LogP contribution in [0.15, 0.2) is 46.8 Å². The molecule has 6 nitrogen and oxygen atoms in total. The highest BCUT2D eigenvalue weighted by Crippen LogP contribution is 2.32. The first kappa shape index (κ1) is 15.4. The molecule has 0 radical (unpaired) electrons. The summed E-state index contributed by atoms with van der Waals surface area (Å²) in [7, 11) is 0. The van der Waals surface area contributed by atoms with Gasteiger partial charge in [0.2, 0.25) is 5.91 Å². The minimum atomic E-state index is -0.460. The van der Waals surface area contributed by atoms with Crippen LogP contribution in [0, 0.1) is 0 Å². The fraction of sp³-hybridized carbons (Fsp3) is 0.0667. The first-order valence-electron chi connectivity index (χ1n) is 6.63. The molecule has 0 aliphatic carbocycles. The van der Waals surface area contributed by atoms with Gasteiger partial charge in [-0.25, -0.2) is 4.98 Å². The number of benzene rings is 1. The molecule has 0 unspecified atom stereocenters. The lowest BCUT2D eigenvalue weighted by atomic mass is 10.2. The first-order chi connectivity index (χ1) is 11.1. The topological polar surface area (TPSA) is 79.4 Å². The van der Waals surface area contributed by atoms with Crippen molar-refractivity contribution in [3.05, 3.63) is 52.4 Å². The third-order valence-electron chi connectivity index (χ3n) is 2.95. The van der Waals surface area contributed by atoms with Gasteiger partial charge in [-0.2, -0.15) is 0 Å². The van der Waals surface area contributed by atoms with E-state index in [2.05, 4.69) is 10.3 Å². The van der Waals surface area contributed by atoms with E-state index in [4.69, 9.17) is 0 Å². The summed E-state index contributed by atoms with van der Waals surface area (Å²) in [6.45, 7) is -0.323. The van der Waals surface area contributed by atoms with E-state index in [-0.39, 0.29) is 6.54 Å². The number of rotatable bonds is 4. The second-order valence-corrected chi connectivity index (χ2v) is 6.45. The molecule has 1 aliphatic heterocycles. The molecule has 2 heterocycles. The third kappa shape index (κ3) is 3.66. The summed E-state index contributed by atoms with van der Waals surface area (Å²) in [5, 5.41) is 4.25. The summed E-state index contributed by atoms with van der Waals surface area (Å²) in [4.78, 5) is 41.3. The number of hydrogen-bond acceptors (Lipinski definition) is 6. The summed E-state index contributed by atoms with van der Waals surface area (Å²) >= 11 is 2.10. The number of carbonyl (C=O) groups is 3. The zero-order valence-electron chi connectivity index (χ0n) is 11.8. The monoisotopic (exact) mass is 345 g/mol. The minimum absolute atomic E-state index is 0.309. The third-order valence-corrected chi connectivity index (χ3v) is 4.55. The quantitative estimate of drug-likeness (QED) is 0.862. The second kappa shape index (κ2) is 6.76. The van der Waals surface area contributed by atoms with E-state index < -0.39 is 17.1 Å². The molecule has 0 saturated carbocycles. The van der Waals surface area contributed by atoms with E-state index in [1.54, 1.807) is 17.7 Å². The maximum absolute atomic E-state index is 12.3. The molecule has 1 fully saturated rings. The summed E-state index contributed by atoms with van der Waals surface area (Å²) < 4.78 is 0. The Morgan fingerprint density at radius 1 is 1.26 bits per heavy atom. The number of amides is 3. The van der Waals surface area contributed by atoms with Crippen LogP contribution in [-0.4, -0.2) is 33.5 Å². The van der Waals surface area contributed by atoms with Gasteiger partial charge in [0.15, 0.2) is 5.13 Å². The SMILES string of the molecule is O=C(CN1C(=O)SC(=Cc2ccccc2)C1=O)Nc1nccs1. The Hall–Kier alpha value is -2.45. The fourth-order valence-electron chi connectivity index (χ4n) is 1.92. The molecule has 1 aromatic carbocycles. The van der Waals surface area contributed by atoms with Crippen molar-refractivity contribution in [2.24, 2.45) is 0 Å². The number of thiazole rings is 1. The summed E-state index contributed by atoms with van der Waals surface area (Å²) in [5.74, 6) is -0.915. The van der Waals surface area contributed by atoms with Crippen molar-refractivity contribution in [1.29, 1.82) is 0 Å². The zero-order chi connectivity index (χ0) is 16.2. The van der Waals surface area contributed by atoms with Crippen molar-refractivity contribution < 1.29 is 14.4 Å². The van der Waals surface area contributed by atoms with E-state index >= 15 is 0 Å². The fourth-order valence-corrected chi connectivity index (χ4v) is 3.31. The molecule has 1 aromatic heterocycles. The maximum atomic E-state index is 12.3. The Morgan fingerprint density at radius 2 is 2.04 bits per heavy atom. The standard InChI is InChI=1S/C15H11N3O3S2/c19-12(17-14-16-6-7-22-14)9-18-13(20)11(23-15(18)21)8-10-4-2-1-3-5-10/h1-8H,9H2,(H,16,17,19). The molecule has 0 spiro atoms. The molecule has 23 heavy (non-hydrogen) atoms. The predicted octanol–water partition coefficient (Wildman–Crippen LogP) is 2.82. The molecule has 1 aliphatic rings. The molecule has 0 bridgehead atoms. The number of carbonyl (C=O) groups excluding carboxylic acids is 3. The van der Waals surface area contributed by atoms with Gasteiger partial charge in [0, 0.05) is 11.6 Å². The van der Waals surface area contributed by atoms with Crippen LogP contribution in [0.4, 0.5) is 9.93 Å². The number of imide groups is 1. The van der Waals surface area contributed by atoms with Crippen LogP contribution in [0.3, 0.4) is 0 Å². The van der Waals surface area contributed by atoms with Crippen molar-refractivity contribution >= 4 is 51.4 Å².